The Hall–Kier alpha value is -0.200. The molecular weight excluding hydrogens is 156 g/mol. The molecule has 0 aromatic heterocycles. The van der Waals surface area contributed by atoms with E-state index < -0.39 is 0 Å². The maximum Gasteiger partial charge on any atom is 0.130 e. The first kappa shape index (κ1) is 13.4. The van der Waals surface area contributed by atoms with Gasteiger partial charge < -0.3 is 5.73 Å². The van der Waals surface area contributed by atoms with E-state index in [2.05, 4.69) is 33.4 Å². The van der Waals surface area contributed by atoms with Gasteiger partial charge in [-0.3, -0.25) is 0 Å². The van der Waals surface area contributed by atoms with Gasteiger partial charge in [-0.05, 0) is 19.3 Å². The smallest absolute Gasteiger partial charge is 0.130 e. The molecule has 0 amide bonds. The molecule has 2 nitrogen and oxygen atoms in total. The van der Waals surface area contributed by atoms with Crippen LogP contribution in [0.4, 0.5) is 0 Å². The maximum atomic E-state index is 7.18. The number of nitrogens with two attached hydrogens (primary N) is 1. The third-order valence-corrected chi connectivity index (χ3v) is 2.11. The van der Waals surface area contributed by atoms with Crippen LogP contribution in [0.2, 0.25) is 0 Å². The summed E-state index contributed by atoms with van der Waals surface area (Å²) in [5, 5.41) is 8.63. The molecule has 2 N–H and O–H groups in total. The van der Waals surface area contributed by atoms with Gasteiger partial charge in [-0.1, -0.05) is 33.4 Å². The Bertz CT molecular complexity index is 105. The van der Waals surface area contributed by atoms with E-state index in [0.29, 0.717) is 0 Å². The maximum absolute atomic E-state index is 7.18. The third-order valence-electron chi connectivity index (χ3n) is 2.11. The molecule has 0 heterocycles. The highest BCUT2D eigenvalue weighted by Crippen LogP contribution is 2.14. The highest BCUT2D eigenvalue weighted by molar-refractivity contribution is 7.85. The monoisotopic (exact) mass is 174 g/mol. The van der Waals surface area contributed by atoms with Crippen LogP contribution in [0.3, 0.4) is 0 Å². The number of nitrogens with zero attached hydrogens (tertiary/aromatic N) is 1. The minimum absolute atomic E-state index is 0.125. The fraction of sp³-hybridized carbons (Fsp3) is 0.875. The number of hydrogen-bond acceptors (Lipinski definition) is 3. The fourth-order valence-electron chi connectivity index (χ4n) is 0.750. The topological polar surface area (TPSA) is 49.8 Å². The van der Waals surface area contributed by atoms with Crippen molar-refractivity contribution in [3.63, 3.8) is 0 Å². The van der Waals surface area contributed by atoms with Gasteiger partial charge in [0.1, 0.15) is 5.40 Å². The van der Waals surface area contributed by atoms with Gasteiger partial charge in [0.15, 0.2) is 0 Å². The fourth-order valence-corrected chi connectivity index (χ4v) is 0.750. The number of nitriles is 1. The summed E-state index contributed by atoms with van der Waals surface area (Å²) in [6.07, 6.45) is 3.29. The summed E-state index contributed by atoms with van der Waals surface area (Å²) in [6, 6.07) is 0. The summed E-state index contributed by atoms with van der Waals surface area (Å²) < 4.78 is 0. The van der Waals surface area contributed by atoms with Crippen molar-refractivity contribution in [3.05, 3.63) is 0 Å². The SMILES string of the molecule is CCC(N)(CC)CC.N#CS. The van der Waals surface area contributed by atoms with E-state index in [1.165, 1.54) is 5.40 Å². The van der Waals surface area contributed by atoms with E-state index in [4.69, 9.17) is 11.0 Å². The minimum atomic E-state index is 0.125. The molecule has 3 heteroatoms. The number of thiol groups is 1. The summed E-state index contributed by atoms with van der Waals surface area (Å²) in [4.78, 5) is 0. The van der Waals surface area contributed by atoms with Crippen LogP contribution in [0.15, 0.2) is 0 Å². The Balaban J connectivity index is 0. The molecule has 0 aromatic carbocycles. The molecule has 0 atom stereocenters. The first-order chi connectivity index (χ1) is 5.10. The van der Waals surface area contributed by atoms with Crippen molar-refractivity contribution >= 4 is 12.6 Å². The van der Waals surface area contributed by atoms with E-state index in [-0.39, 0.29) is 5.54 Å². The normalized spacial score (nSPS) is 9.45. The summed E-state index contributed by atoms with van der Waals surface area (Å²) >= 11 is 3.09. The average molecular weight is 174 g/mol. The van der Waals surface area contributed by atoms with Crippen molar-refractivity contribution in [2.24, 2.45) is 5.73 Å². The highest BCUT2D eigenvalue weighted by Gasteiger charge is 2.15. The van der Waals surface area contributed by atoms with Crippen molar-refractivity contribution in [1.82, 2.24) is 0 Å². The predicted octanol–water partition coefficient (Wildman–Crippen LogP) is 2.31. The second-order valence-electron chi connectivity index (χ2n) is 2.52. The minimum Gasteiger partial charge on any atom is -0.325 e. The van der Waals surface area contributed by atoms with Gasteiger partial charge in [0, 0.05) is 5.54 Å². The van der Waals surface area contributed by atoms with E-state index in [9.17, 15) is 0 Å². The molecule has 0 aromatic rings. The largest absolute Gasteiger partial charge is 0.325 e. The third kappa shape index (κ3) is 7.70. The Kier molecular flexibility index (Phi) is 9.62. The van der Waals surface area contributed by atoms with Gasteiger partial charge in [0.05, 0.1) is 0 Å². The van der Waals surface area contributed by atoms with Crippen LogP contribution in [-0.4, -0.2) is 5.54 Å². The Morgan fingerprint density at radius 2 is 1.45 bits per heavy atom. The lowest BCUT2D eigenvalue weighted by molar-refractivity contribution is 0.383. The molecule has 0 rings (SSSR count). The van der Waals surface area contributed by atoms with Gasteiger partial charge in [-0.15, -0.1) is 0 Å². The number of rotatable bonds is 3. The van der Waals surface area contributed by atoms with Crippen LogP contribution in [0.5, 0.6) is 0 Å². The van der Waals surface area contributed by atoms with Gasteiger partial charge >= 0.3 is 0 Å². The Morgan fingerprint density at radius 3 is 1.45 bits per heavy atom. The summed E-state index contributed by atoms with van der Waals surface area (Å²) in [5.41, 5.74) is 6.02. The van der Waals surface area contributed by atoms with Crippen LogP contribution in [0, 0.1) is 10.7 Å². The van der Waals surface area contributed by atoms with Crippen LogP contribution < -0.4 is 5.73 Å². The zero-order valence-corrected chi connectivity index (χ0v) is 8.49. The van der Waals surface area contributed by atoms with Crippen molar-refractivity contribution in [2.75, 3.05) is 0 Å². The van der Waals surface area contributed by atoms with Crippen LogP contribution >= 0.6 is 12.6 Å². The zero-order valence-electron chi connectivity index (χ0n) is 7.59. The Labute approximate surface area is 75.2 Å². The zero-order chi connectivity index (χ0) is 9.33. The predicted molar refractivity (Wildman–Crippen MR) is 52.4 cm³/mol. The van der Waals surface area contributed by atoms with E-state index in [1.54, 1.807) is 0 Å². The quantitative estimate of drug-likeness (QED) is 0.509. The van der Waals surface area contributed by atoms with E-state index >= 15 is 0 Å². The molecule has 0 aliphatic heterocycles. The van der Waals surface area contributed by atoms with Gasteiger partial charge in [0.25, 0.3) is 0 Å². The molecule has 66 valence electrons. The first-order valence-electron chi connectivity index (χ1n) is 3.92. The second kappa shape index (κ2) is 7.90. The van der Waals surface area contributed by atoms with Gasteiger partial charge in [-0.25, -0.2) is 0 Å². The van der Waals surface area contributed by atoms with Gasteiger partial charge in [-0.2, -0.15) is 5.26 Å². The van der Waals surface area contributed by atoms with Crippen LogP contribution in [0.25, 0.3) is 0 Å². The number of hydrogen-bond donors (Lipinski definition) is 2. The van der Waals surface area contributed by atoms with Crippen molar-refractivity contribution in [3.8, 4) is 5.40 Å². The molecule has 0 spiro atoms. The first-order valence-corrected chi connectivity index (χ1v) is 4.37. The van der Waals surface area contributed by atoms with Gasteiger partial charge in [0.2, 0.25) is 0 Å². The lowest BCUT2D eigenvalue weighted by Gasteiger charge is -2.23. The molecule has 0 saturated carbocycles. The standard InChI is InChI=1S/C7H17N.CHNS/c1-4-7(8,5-2)6-3;2-1-3/h4-6,8H2,1-3H3;3H. The van der Waals surface area contributed by atoms with E-state index in [0.717, 1.165) is 19.3 Å². The highest BCUT2D eigenvalue weighted by atomic mass is 32.1. The molecule has 11 heavy (non-hydrogen) atoms. The van der Waals surface area contributed by atoms with Crippen molar-refractivity contribution < 1.29 is 0 Å². The number of thiocyanates is 1. The molecule has 0 bridgehead atoms. The second-order valence-corrected chi connectivity index (χ2v) is 2.72. The van der Waals surface area contributed by atoms with E-state index in [1.807, 2.05) is 0 Å². The molecular formula is C8H18N2S. The molecule has 0 aliphatic carbocycles. The molecule has 0 saturated heterocycles. The summed E-state index contributed by atoms with van der Waals surface area (Å²) in [6.45, 7) is 6.44. The molecule has 0 unspecified atom stereocenters. The molecule has 0 radical (unpaired) electrons. The average Bonchev–Trinajstić information content (AvgIpc) is 2.05. The van der Waals surface area contributed by atoms with Crippen LogP contribution in [0.1, 0.15) is 40.0 Å². The molecule has 0 fully saturated rings. The lowest BCUT2D eigenvalue weighted by atomic mass is 9.92. The van der Waals surface area contributed by atoms with Crippen LogP contribution in [-0.2, 0) is 0 Å². The van der Waals surface area contributed by atoms with Crippen molar-refractivity contribution in [1.29, 1.82) is 5.26 Å². The summed E-state index contributed by atoms with van der Waals surface area (Å²) in [7, 11) is 0. The van der Waals surface area contributed by atoms with Crippen molar-refractivity contribution in [2.45, 2.75) is 45.6 Å². The summed E-state index contributed by atoms with van der Waals surface area (Å²) in [5.74, 6) is 0. The molecule has 0 aliphatic rings. The lowest BCUT2D eigenvalue weighted by Crippen LogP contribution is -2.37. The Morgan fingerprint density at radius 1 is 1.27 bits per heavy atom.